The van der Waals surface area contributed by atoms with Crippen LogP contribution in [0.4, 0.5) is 4.79 Å². The maximum atomic E-state index is 8.78. The Morgan fingerprint density at radius 2 is 1.53 bits per heavy atom. The van der Waals surface area contributed by atoms with Crippen LogP contribution in [-0.2, 0) is 0 Å². The van der Waals surface area contributed by atoms with E-state index in [4.69, 9.17) is 15.0 Å². The number of aliphatic hydroxyl groups excluding tert-OH is 1. The van der Waals surface area contributed by atoms with Crippen molar-refractivity contribution in [3.8, 4) is 0 Å². The van der Waals surface area contributed by atoms with Crippen LogP contribution in [0.2, 0.25) is 0 Å². The Hall–Kier alpha value is -0.0800. The molecule has 0 aliphatic carbocycles. The second-order valence-electron chi connectivity index (χ2n) is 3.06. The number of primary amides is 1. The minimum absolute atomic E-state index is 0. The number of hydrogen-bond donors (Lipinski definition) is 2. The highest BCUT2D eigenvalue weighted by atomic mass is 127. The lowest BCUT2D eigenvalue weighted by molar-refractivity contribution is -0.923. The van der Waals surface area contributed by atoms with Crippen molar-refractivity contribution in [1.29, 1.82) is 0 Å². The molecule has 0 saturated carbocycles. The maximum absolute atomic E-state index is 8.78. The first kappa shape index (κ1) is 20.3. The molecule has 0 aromatic carbocycles. The molecule has 15 heavy (non-hydrogen) atoms. The number of rotatable bonds is 5. The lowest BCUT2D eigenvalue weighted by Gasteiger charge is -2.34. The van der Waals surface area contributed by atoms with E-state index in [9.17, 15) is 0 Å². The summed E-state index contributed by atoms with van der Waals surface area (Å²) in [5.74, 6) is 0. The molecule has 94 valence electrons. The van der Waals surface area contributed by atoms with Gasteiger partial charge in [-0.15, -0.1) is 24.0 Å². The molecule has 1 amide bonds. The molecule has 0 aromatic heterocycles. The average Bonchev–Trinajstić information content (AvgIpc) is 2.14. The summed E-state index contributed by atoms with van der Waals surface area (Å²) >= 11 is 0. The predicted molar refractivity (Wildman–Crippen MR) is 68.8 cm³/mol. The van der Waals surface area contributed by atoms with Gasteiger partial charge in [-0.25, -0.2) is 0 Å². The van der Waals surface area contributed by atoms with Crippen molar-refractivity contribution in [2.24, 2.45) is 5.73 Å². The molecule has 5 nitrogen and oxygen atoms in total. The Bertz CT molecular complexity index is 140. The van der Waals surface area contributed by atoms with Gasteiger partial charge in [0.2, 0.25) is 0 Å². The molecule has 0 heterocycles. The summed E-state index contributed by atoms with van der Waals surface area (Å²) in [6, 6.07) is 0. The number of halogens is 1. The standard InChI is InChI=1S/C8H20NO.CH3NO2.HI/c1-4-9(5-2,6-3)7-8-10;2-1(3)4;/h10H,4-8H2,1-3H3;2H2,(H,3,4);1H/q+1;;/p-1. The number of nitrogens with two attached hydrogens (primary N) is 1. The molecule has 0 aromatic rings. The first-order chi connectivity index (χ1) is 6.47. The molecular weight excluding hydrogens is 311 g/mol. The van der Waals surface area contributed by atoms with Gasteiger partial charge in [0, 0.05) is 0 Å². The average molecular weight is 334 g/mol. The Balaban J connectivity index is -0.000000249. The topological polar surface area (TPSA) is 86.4 Å². The zero-order valence-corrected chi connectivity index (χ0v) is 12.1. The molecule has 0 radical (unpaired) electrons. The van der Waals surface area contributed by atoms with Crippen molar-refractivity contribution >= 4 is 30.1 Å². The highest BCUT2D eigenvalue weighted by Gasteiger charge is 2.18. The van der Waals surface area contributed by atoms with Gasteiger partial charge in [-0.3, -0.25) is 0 Å². The second kappa shape index (κ2) is 12.0. The van der Waals surface area contributed by atoms with E-state index >= 15 is 0 Å². The van der Waals surface area contributed by atoms with E-state index in [2.05, 4.69) is 26.5 Å². The van der Waals surface area contributed by atoms with E-state index in [-0.39, 0.29) is 24.0 Å². The van der Waals surface area contributed by atoms with Gasteiger partial charge < -0.3 is 25.2 Å². The number of amides is 1. The Morgan fingerprint density at radius 1 is 1.27 bits per heavy atom. The van der Waals surface area contributed by atoms with Crippen LogP contribution in [0.5, 0.6) is 0 Å². The van der Waals surface area contributed by atoms with Gasteiger partial charge >= 0.3 is 0 Å². The number of carbonyl (C=O) groups is 1. The normalized spacial score (nSPS) is 9.60. The van der Waals surface area contributed by atoms with Crippen LogP contribution in [0.15, 0.2) is 0 Å². The van der Waals surface area contributed by atoms with E-state index in [1.165, 1.54) is 0 Å². The van der Waals surface area contributed by atoms with Crippen molar-refractivity contribution in [3.63, 3.8) is 0 Å². The zero-order chi connectivity index (χ0) is 11.6. The molecule has 0 aliphatic rings. The monoisotopic (exact) mass is 334 g/mol. The summed E-state index contributed by atoms with van der Waals surface area (Å²) in [4.78, 5) is 8.67. The lowest BCUT2D eigenvalue weighted by Crippen LogP contribution is -2.49. The van der Waals surface area contributed by atoms with E-state index in [1.807, 2.05) is 0 Å². The fraction of sp³-hybridized carbons (Fsp3) is 0.889. The highest BCUT2D eigenvalue weighted by Crippen LogP contribution is 2.03. The second-order valence-corrected chi connectivity index (χ2v) is 3.06. The summed E-state index contributed by atoms with van der Waals surface area (Å²) < 4.78 is 1.05. The minimum atomic E-state index is -1.58. The Morgan fingerprint density at radius 3 is 1.60 bits per heavy atom. The molecule has 0 bridgehead atoms. The van der Waals surface area contributed by atoms with E-state index in [0.29, 0.717) is 6.61 Å². The summed E-state index contributed by atoms with van der Waals surface area (Å²) in [6.45, 7) is 11.2. The number of hydrogen-bond acceptors (Lipinski definition) is 3. The van der Waals surface area contributed by atoms with Crippen LogP contribution in [0.1, 0.15) is 20.8 Å². The Kier molecular flexibility index (Phi) is 16.3. The number of aliphatic hydroxyl groups is 1. The van der Waals surface area contributed by atoms with E-state index in [1.54, 1.807) is 0 Å². The zero-order valence-electron chi connectivity index (χ0n) is 9.73. The quantitative estimate of drug-likeness (QED) is 0.538. The van der Waals surface area contributed by atoms with E-state index in [0.717, 1.165) is 30.7 Å². The van der Waals surface area contributed by atoms with Gasteiger partial charge in [0.1, 0.15) is 12.6 Å². The smallest absolute Gasteiger partial charge is 0.131 e. The molecule has 0 fully saturated rings. The van der Waals surface area contributed by atoms with Crippen molar-refractivity contribution in [2.45, 2.75) is 20.8 Å². The fourth-order valence-corrected chi connectivity index (χ4v) is 1.36. The van der Waals surface area contributed by atoms with Crippen LogP contribution >= 0.6 is 24.0 Å². The summed E-state index contributed by atoms with van der Waals surface area (Å²) in [5, 5.41) is 17.4. The van der Waals surface area contributed by atoms with Gasteiger partial charge in [-0.05, 0) is 20.8 Å². The van der Waals surface area contributed by atoms with Gasteiger partial charge in [0.05, 0.1) is 26.2 Å². The van der Waals surface area contributed by atoms with Crippen LogP contribution in [0.3, 0.4) is 0 Å². The largest absolute Gasteiger partial charge is 0.530 e. The lowest BCUT2D eigenvalue weighted by atomic mass is 10.3. The summed E-state index contributed by atoms with van der Waals surface area (Å²) in [6.07, 6.45) is -1.58. The number of quaternary nitrogens is 1. The number of carbonyl (C=O) groups excluding carboxylic acids is 1. The number of carboxylic acid groups (broad SMARTS) is 1. The van der Waals surface area contributed by atoms with Gasteiger partial charge in [-0.2, -0.15) is 0 Å². The first-order valence-corrected chi connectivity index (χ1v) is 4.90. The predicted octanol–water partition coefficient (Wildman–Crippen LogP) is -0.238. The maximum Gasteiger partial charge on any atom is 0.131 e. The third-order valence-corrected chi connectivity index (χ3v) is 2.59. The van der Waals surface area contributed by atoms with Crippen molar-refractivity contribution < 1.29 is 19.5 Å². The molecule has 0 spiro atoms. The van der Waals surface area contributed by atoms with Crippen LogP contribution in [0.25, 0.3) is 0 Å². The highest BCUT2D eigenvalue weighted by molar-refractivity contribution is 14.0. The number of nitrogens with zero attached hydrogens (tertiary/aromatic N) is 1. The van der Waals surface area contributed by atoms with E-state index < -0.39 is 6.09 Å². The summed E-state index contributed by atoms with van der Waals surface area (Å²) in [7, 11) is 0. The molecule has 0 saturated heterocycles. The molecule has 0 aliphatic heterocycles. The fourth-order valence-electron chi connectivity index (χ4n) is 1.36. The van der Waals surface area contributed by atoms with Gasteiger partial charge in [0.25, 0.3) is 0 Å². The molecular formula is C9H23IN2O3. The summed E-state index contributed by atoms with van der Waals surface area (Å²) in [5.41, 5.74) is 3.92. The van der Waals surface area contributed by atoms with Crippen LogP contribution < -0.4 is 10.8 Å². The first-order valence-electron chi connectivity index (χ1n) is 4.90. The molecule has 0 unspecified atom stereocenters. The Labute approximate surface area is 109 Å². The number of likely N-dealkylation sites (N-methyl/N-ethyl adjacent to an activating group) is 1. The van der Waals surface area contributed by atoms with Crippen molar-refractivity contribution in [2.75, 3.05) is 32.8 Å². The van der Waals surface area contributed by atoms with Crippen molar-refractivity contribution in [1.82, 2.24) is 0 Å². The van der Waals surface area contributed by atoms with Gasteiger partial charge in [0.15, 0.2) is 0 Å². The molecule has 3 N–H and O–H groups in total. The van der Waals surface area contributed by atoms with Crippen LogP contribution in [-0.4, -0.2) is 48.5 Å². The third kappa shape index (κ3) is 11.8. The van der Waals surface area contributed by atoms with Crippen LogP contribution in [0, 0.1) is 0 Å². The third-order valence-electron chi connectivity index (χ3n) is 2.59. The molecule has 0 rings (SSSR count). The van der Waals surface area contributed by atoms with Gasteiger partial charge in [-0.1, -0.05) is 0 Å². The minimum Gasteiger partial charge on any atom is -0.530 e. The molecule has 0 atom stereocenters. The SMILES string of the molecule is CC[N+](CC)(CC)CCO.I.NC(=O)[O-]. The van der Waals surface area contributed by atoms with Crippen molar-refractivity contribution in [3.05, 3.63) is 0 Å². The molecule has 6 heteroatoms.